The molecule has 0 atom stereocenters. The number of sulfonamides is 1. The van der Waals surface area contributed by atoms with Crippen molar-refractivity contribution in [1.82, 2.24) is 0 Å². The van der Waals surface area contributed by atoms with Crippen molar-refractivity contribution in [2.75, 3.05) is 18.4 Å². The molecule has 0 amide bonds. The van der Waals surface area contributed by atoms with Gasteiger partial charge >= 0.3 is 5.97 Å². The Morgan fingerprint density at radius 2 is 1.61 bits per heavy atom. The normalized spacial score (nSPS) is 10.9. The highest BCUT2D eigenvalue weighted by molar-refractivity contribution is 7.92. The summed E-state index contributed by atoms with van der Waals surface area (Å²) in [6, 6.07) is 17.9. The van der Waals surface area contributed by atoms with Crippen molar-refractivity contribution in [1.29, 1.82) is 0 Å². The molecule has 0 fully saturated rings. The third-order valence-electron chi connectivity index (χ3n) is 4.20. The van der Waals surface area contributed by atoms with E-state index in [1.807, 2.05) is 0 Å². The van der Waals surface area contributed by atoms with Gasteiger partial charge in [0.2, 0.25) is 0 Å². The van der Waals surface area contributed by atoms with E-state index >= 15 is 0 Å². The smallest absolute Gasteiger partial charge is 0.338 e. The van der Waals surface area contributed by atoms with E-state index < -0.39 is 28.4 Å². The minimum Gasteiger partial charge on any atom is -0.497 e. The number of rotatable bonds is 8. The zero-order valence-corrected chi connectivity index (χ0v) is 17.9. The Labute approximate surface area is 184 Å². The molecule has 7 nitrogen and oxygen atoms in total. The molecule has 0 heterocycles. The van der Waals surface area contributed by atoms with Crippen molar-refractivity contribution in [3.8, 4) is 5.75 Å². The molecule has 0 spiro atoms. The van der Waals surface area contributed by atoms with Gasteiger partial charge in [-0.05, 0) is 54.6 Å². The van der Waals surface area contributed by atoms with Gasteiger partial charge in [0.1, 0.15) is 5.75 Å². The minimum absolute atomic E-state index is 0.00324. The van der Waals surface area contributed by atoms with Crippen LogP contribution in [0.3, 0.4) is 0 Å². The molecule has 160 valence electrons. The summed E-state index contributed by atoms with van der Waals surface area (Å²) in [7, 11) is -2.44. The van der Waals surface area contributed by atoms with Crippen molar-refractivity contribution >= 4 is 39.1 Å². The molecule has 0 aromatic heterocycles. The molecule has 0 aliphatic rings. The Kier molecular flexibility index (Phi) is 6.94. The predicted molar refractivity (Wildman–Crippen MR) is 116 cm³/mol. The topological polar surface area (TPSA) is 98.8 Å². The van der Waals surface area contributed by atoms with Gasteiger partial charge in [-0.25, -0.2) is 13.2 Å². The first kappa shape index (κ1) is 22.3. The number of esters is 1. The van der Waals surface area contributed by atoms with Crippen LogP contribution < -0.4 is 9.46 Å². The molecule has 1 N–H and O–H groups in total. The molecule has 0 aliphatic heterocycles. The van der Waals surface area contributed by atoms with Crippen LogP contribution in [-0.4, -0.2) is 33.9 Å². The van der Waals surface area contributed by atoms with Crippen LogP contribution in [0.25, 0.3) is 0 Å². The molecular formula is C22H18ClNO6S. The summed E-state index contributed by atoms with van der Waals surface area (Å²) in [6.45, 7) is -0.500. The van der Waals surface area contributed by atoms with Gasteiger partial charge in [0.05, 0.1) is 17.6 Å². The number of ether oxygens (including phenoxy) is 2. The highest BCUT2D eigenvalue weighted by atomic mass is 35.5. The Morgan fingerprint density at radius 1 is 0.935 bits per heavy atom. The SMILES string of the molecule is COc1ccc(NS(=O)(=O)c2cccc(C(=O)OCC(=O)c3cccc(Cl)c3)c2)cc1. The average molecular weight is 460 g/mol. The molecule has 0 saturated heterocycles. The van der Waals surface area contributed by atoms with E-state index in [4.69, 9.17) is 21.1 Å². The summed E-state index contributed by atoms with van der Waals surface area (Å²) in [4.78, 5) is 24.4. The van der Waals surface area contributed by atoms with Gasteiger partial charge < -0.3 is 9.47 Å². The first-order chi connectivity index (χ1) is 14.8. The number of methoxy groups -OCH3 is 1. The third-order valence-corrected chi connectivity index (χ3v) is 5.82. The van der Waals surface area contributed by atoms with Gasteiger partial charge in [-0.3, -0.25) is 9.52 Å². The third kappa shape index (κ3) is 5.84. The largest absolute Gasteiger partial charge is 0.497 e. The summed E-state index contributed by atoms with van der Waals surface area (Å²) < 4.78 is 37.8. The first-order valence-electron chi connectivity index (χ1n) is 9.01. The van der Waals surface area contributed by atoms with Gasteiger partial charge in [-0.15, -0.1) is 0 Å². The van der Waals surface area contributed by atoms with Crippen molar-refractivity contribution in [2.24, 2.45) is 0 Å². The molecule has 31 heavy (non-hydrogen) atoms. The van der Waals surface area contributed by atoms with Crippen LogP contribution in [0.2, 0.25) is 5.02 Å². The number of nitrogens with one attached hydrogen (secondary N) is 1. The fourth-order valence-electron chi connectivity index (χ4n) is 2.62. The molecule has 0 radical (unpaired) electrons. The molecule has 0 saturated carbocycles. The number of hydrogen-bond donors (Lipinski definition) is 1. The molecule has 0 bridgehead atoms. The summed E-state index contributed by atoms with van der Waals surface area (Å²) in [5, 5.41) is 0.388. The summed E-state index contributed by atoms with van der Waals surface area (Å²) in [5.74, 6) is -0.669. The second-order valence-corrected chi connectivity index (χ2v) is 8.49. The lowest BCUT2D eigenvalue weighted by Crippen LogP contribution is -2.16. The van der Waals surface area contributed by atoms with Crippen LogP contribution in [0.5, 0.6) is 5.75 Å². The number of anilines is 1. The standard InChI is InChI=1S/C22H18ClNO6S/c1-29-19-10-8-18(9-11-19)24-31(27,28)20-7-3-5-16(13-20)22(26)30-14-21(25)15-4-2-6-17(23)12-15/h2-13,24H,14H2,1H3. The van der Waals surface area contributed by atoms with Crippen molar-refractivity contribution in [3.05, 3.63) is 88.9 Å². The molecule has 3 rings (SSSR count). The molecule has 3 aromatic rings. The van der Waals surface area contributed by atoms with Crippen LogP contribution in [0, 0.1) is 0 Å². The van der Waals surface area contributed by atoms with Crippen molar-refractivity contribution < 1.29 is 27.5 Å². The van der Waals surface area contributed by atoms with E-state index in [9.17, 15) is 18.0 Å². The summed E-state index contributed by atoms with van der Waals surface area (Å²) in [6.07, 6.45) is 0. The van der Waals surface area contributed by atoms with Crippen LogP contribution in [0.15, 0.2) is 77.7 Å². The molecule has 0 unspecified atom stereocenters. The lowest BCUT2D eigenvalue weighted by Gasteiger charge is -2.10. The number of halogens is 1. The number of carbonyl (C=O) groups excluding carboxylic acids is 2. The van der Waals surface area contributed by atoms with Crippen LogP contribution >= 0.6 is 11.6 Å². The minimum atomic E-state index is -3.95. The first-order valence-corrected chi connectivity index (χ1v) is 10.9. The van der Waals surface area contributed by atoms with Crippen molar-refractivity contribution in [3.63, 3.8) is 0 Å². The summed E-state index contributed by atoms with van der Waals surface area (Å²) >= 11 is 5.85. The van der Waals surface area contributed by atoms with E-state index in [1.165, 1.54) is 37.4 Å². The second kappa shape index (κ2) is 9.63. The fourth-order valence-corrected chi connectivity index (χ4v) is 3.92. The maximum Gasteiger partial charge on any atom is 0.338 e. The number of carbonyl (C=O) groups is 2. The van der Waals surface area contributed by atoms with E-state index in [1.54, 1.807) is 42.5 Å². The van der Waals surface area contributed by atoms with Crippen LogP contribution in [0.1, 0.15) is 20.7 Å². The Balaban J connectivity index is 1.69. The average Bonchev–Trinajstić information content (AvgIpc) is 2.77. The van der Waals surface area contributed by atoms with Crippen LogP contribution in [-0.2, 0) is 14.8 Å². The zero-order chi connectivity index (χ0) is 22.4. The number of ketones is 1. The number of hydrogen-bond acceptors (Lipinski definition) is 6. The van der Waals surface area contributed by atoms with E-state index in [-0.39, 0.29) is 10.5 Å². The quantitative estimate of drug-likeness (QED) is 0.400. The highest BCUT2D eigenvalue weighted by Gasteiger charge is 2.18. The monoisotopic (exact) mass is 459 g/mol. The Morgan fingerprint density at radius 3 is 2.29 bits per heavy atom. The Bertz CT molecular complexity index is 1210. The fraction of sp³-hybridized carbons (Fsp3) is 0.0909. The maximum absolute atomic E-state index is 12.7. The number of benzene rings is 3. The number of Topliss-reactive ketones (excluding diaryl/α,β-unsaturated/α-hetero) is 1. The van der Waals surface area contributed by atoms with Crippen LogP contribution in [0.4, 0.5) is 5.69 Å². The van der Waals surface area contributed by atoms with Gasteiger partial charge in [-0.2, -0.15) is 0 Å². The van der Waals surface area contributed by atoms with E-state index in [0.29, 0.717) is 22.0 Å². The lowest BCUT2D eigenvalue weighted by molar-refractivity contribution is 0.0474. The second-order valence-electron chi connectivity index (χ2n) is 6.37. The van der Waals surface area contributed by atoms with Gasteiger partial charge in [0.25, 0.3) is 10.0 Å². The van der Waals surface area contributed by atoms with Gasteiger partial charge in [-0.1, -0.05) is 29.8 Å². The van der Waals surface area contributed by atoms with Gasteiger partial charge in [0.15, 0.2) is 12.4 Å². The molecule has 3 aromatic carbocycles. The lowest BCUT2D eigenvalue weighted by atomic mass is 10.1. The molecular weight excluding hydrogens is 442 g/mol. The Hall–Kier alpha value is -3.36. The highest BCUT2D eigenvalue weighted by Crippen LogP contribution is 2.20. The molecule has 9 heteroatoms. The molecule has 0 aliphatic carbocycles. The predicted octanol–water partition coefficient (Wildman–Crippen LogP) is 4.19. The maximum atomic E-state index is 12.7. The summed E-state index contributed by atoms with van der Waals surface area (Å²) in [5.41, 5.74) is 0.637. The zero-order valence-electron chi connectivity index (χ0n) is 16.4. The van der Waals surface area contributed by atoms with Crippen molar-refractivity contribution in [2.45, 2.75) is 4.90 Å². The van der Waals surface area contributed by atoms with E-state index in [0.717, 1.165) is 0 Å². The van der Waals surface area contributed by atoms with Gasteiger partial charge in [0, 0.05) is 16.3 Å². The van der Waals surface area contributed by atoms with E-state index in [2.05, 4.69) is 4.72 Å².